The van der Waals surface area contributed by atoms with Crippen LogP contribution >= 0.6 is 11.3 Å². The van der Waals surface area contributed by atoms with Crippen LogP contribution in [0.5, 0.6) is 0 Å². The van der Waals surface area contributed by atoms with Gasteiger partial charge in [-0.05, 0) is 11.6 Å². The van der Waals surface area contributed by atoms with E-state index in [2.05, 4.69) is 40.5 Å². The summed E-state index contributed by atoms with van der Waals surface area (Å²) in [6.45, 7) is 8.39. The molecule has 1 aliphatic heterocycles. The molecule has 1 fully saturated rings. The Morgan fingerprint density at radius 1 is 1.48 bits per heavy atom. The van der Waals surface area contributed by atoms with Crippen molar-refractivity contribution in [2.75, 3.05) is 19.6 Å². The summed E-state index contributed by atoms with van der Waals surface area (Å²) in [5.41, 5.74) is 2.48. The Kier molecular flexibility index (Phi) is 4.63. The van der Waals surface area contributed by atoms with Crippen LogP contribution in [-0.2, 0) is 6.54 Å². The Labute approximate surface area is 130 Å². The smallest absolute Gasteiger partial charge is 0.0954 e. The molecule has 0 radical (unpaired) electrons. The second kappa shape index (κ2) is 6.64. The van der Waals surface area contributed by atoms with E-state index in [-0.39, 0.29) is 0 Å². The van der Waals surface area contributed by atoms with Crippen LogP contribution < -0.4 is 5.32 Å². The number of piperazine rings is 1. The predicted molar refractivity (Wildman–Crippen MR) is 86.5 cm³/mol. The van der Waals surface area contributed by atoms with Gasteiger partial charge in [-0.25, -0.2) is 4.98 Å². The van der Waals surface area contributed by atoms with Gasteiger partial charge in [0.05, 0.1) is 10.7 Å². The molecular weight excluding hydrogens is 280 g/mol. The molecule has 4 nitrogen and oxygen atoms in total. The molecule has 0 aromatic carbocycles. The minimum absolute atomic E-state index is 0.386. The molecule has 0 spiro atoms. The van der Waals surface area contributed by atoms with Gasteiger partial charge >= 0.3 is 0 Å². The van der Waals surface area contributed by atoms with Crippen LogP contribution in [-0.4, -0.2) is 34.5 Å². The summed E-state index contributed by atoms with van der Waals surface area (Å²) >= 11 is 1.78. The zero-order chi connectivity index (χ0) is 14.7. The first-order chi connectivity index (χ1) is 10.2. The van der Waals surface area contributed by atoms with Crippen LogP contribution in [0.4, 0.5) is 0 Å². The Balaban J connectivity index is 1.75. The molecule has 0 aliphatic carbocycles. The van der Waals surface area contributed by atoms with E-state index in [0.717, 1.165) is 26.2 Å². The lowest BCUT2D eigenvalue weighted by molar-refractivity contribution is 0.152. The van der Waals surface area contributed by atoms with Gasteiger partial charge in [0, 0.05) is 55.9 Å². The highest BCUT2D eigenvalue weighted by Gasteiger charge is 2.24. The van der Waals surface area contributed by atoms with Crippen molar-refractivity contribution in [1.82, 2.24) is 20.2 Å². The van der Waals surface area contributed by atoms with E-state index in [9.17, 15) is 0 Å². The number of hydrogen-bond acceptors (Lipinski definition) is 5. The molecule has 0 amide bonds. The lowest BCUT2D eigenvalue weighted by Gasteiger charge is -2.35. The maximum Gasteiger partial charge on any atom is 0.0954 e. The van der Waals surface area contributed by atoms with Crippen molar-refractivity contribution in [3.8, 4) is 0 Å². The zero-order valence-electron chi connectivity index (χ0n) is 12.6. The number of thiazole rings is 1. The summed E-state index contributed by atoms with van der Waals surface area (Å²) < 4.78 is 0. The van der Waals surface area contributed by atoms with Crippen molar-refractivity contribution in [2.45, 2.75) is 32.4 Å². The highest BCUT2D eigenvalue weighted by molar-refractivity contribution is 7.09. The first-order valence-electron chi connectivity index (χ1n) is 7.53. The van der Waals surface area contributed by atoms with Crippen LogP contribution in [0.25, 0.3) is 0 Å². The van der Waals surface area contributed by atoms with Gasteiger partial charge in [-0.3, -0.25) is 9.88 Å². The van der Waals surface area contributed by atoms with Gasteiger partial charge in [-0.1, -0.05) is 19.9 Å². The molecule has 1 saturated heterocycles. The van der Waals surface area contributed by atoms with Crippen molar-refractivity contribution in [3.05, 3.63) is 46.2 Å². The van der Waals surface area contributed by atoms with Crippen molar-refractivity contribution >= 4 is 11.3 Å². The average Bonchev–Trinajstić information content (AvgIpc) is 2.98. The highest BCUT2D eigenvalue weighted by atomic mass is 32.1. The number of nitrogens with one attached hydrogen (secondary N) is 1. The summed E-state index contributed by atoms with van der Waals surface area (Å²) in [6, 6.07) is 4.57. The highest BCUT2D eigenvalue weighted by Crippen LogP contribution is 2.25. The second-order valence-corrected chi connectivity index (χ2v) is 6.70. The molecule has 5 heteroatoms. The first-order valence-corrected chi connectivity index (χ1v) is 8.41. The van der Waals surface area contributed by atoms with Crippen LogP contribution in [0.2, 0.25) is 0 Å². The lowest BCUT2D eigenvalue weighted by Crippen LogP contribution is -2.45. The fraction of sp³-hybridized carbons (Fsp3) is 0.500. The van der Waals surface area contributed by atoms with Gasteiger partial charge in [-0.2, -0.15) is 0 Å². The fourth-order valence-corrected chi connectivity index (χ4v) is 3.53. The Morgan fingerprint density at radius 3 is 3.10 bits per heavy atom. The maximum absolute atomic E-state index is 4.77. The summed E-state index contributed by atoms with van der Waals surface area (Å²) in [6.07, 6.45) is 3.81. The molecular formula is C16H22N4S. The quantitative estimate of drug-likeness (QED) is 0.943. The molecule has 2 aromatic heterocycles. The van der Waals surface area contributed by atoms with Crippen LogP contribution in [0.15, 0.2) is 29.9 Å². The van der Waals surface area contributed by atoms with Gasteiger partial charge in [0.1, 0.15) is 0 Å². The first kappa shape index (κ1) is 14.6. The van der Waals surface area contributed by atoms with E-state index >= 15 is 0 Å². The monoisotopic (exact) mass is 302 g/mol. The van der Waals surface area contributed by atoms with E-state index in [4.69, 9.17) is 4.98 Å². The summed E-state index contributed by atoms with van der Waals surface area (Å²) in [4.78, 5) is 11.5. The molecule has 21 heavy (non-hydrogen) atoms. The summed E-state index contributed by atoms with van der Waals surface area (Å²) in [7, 11) is 0. The average molecular weight is 302 g/mol. The Bertz CT molecular complexity index is 567. The molecule has 2 aromatic rings. The van der Waals surface area contributed by atoms with Crippen LogP contribution in [0, 0.1) is 0 Å². The SMILES string of the molecule is CC(C)c1nc(CN2CCNCC2c2cccnc2)cs1. The number of rotatable bonds is 4. The zero-order valence-corrected chi connectivity index (χ0v) is 13.4. The second-order valence-electron chi connectivity index (χ2n) is 5.81. The van der Waals surface area contributed by atoms with E-state index < -0.39 is 0 Å². The molecule has 3 rings (SSSR count). The normalized spacial score (nSPS) is 20.0. The van der Waals surface area contributed by atoms with Crippen LogP contribution in [0.1, 0.15) is 42.1 Å². The minimum atomic E-state index is 0.386. The van der Waals surface area contributed by atoms with E-state index in [1.54, 1.807) is 11.3 Å². The van der Waals surface area contributed by atoms with Gasteiger partial charge in [0.2, 0.25) is 0 Å². The van der Waals surface area contributed by atoms with Gasteiger partial charge in [-0.15, -0.1) is 11.3 Å². The third-order valence-corrected chi connectivity index (χ3v) is 5.05. The summed E-state index contributed by atoms with van der Waals surface area (Å²) in [5.74, 6) is 0.515. The largest absolute Gasteiger partial charge is 0.314 e. The van der Waals surface area contributed by atoms with E-state index in [1.807, 2.05) is 18.5 Å². The number of nitrogens with zero attached hydrogens (tertiary/aromatic N) is 3. The maximum atomic E-state index is 4.77. The predicted octanol–water partition coefficient (Wildman–Crippen LogP) is 2.81. The van der Waals surface area contributed by atoms with E-state index in [1.165, 1.54) is 16.3 Å². The standard InChI is InChI=1S/C16H22N4S/c1-12(2)16-19-14(11-21-16)10-20-7-6-18-9-15(20)13-4-3-5-17-8-13/h3-5,8,11-12,15,18H,6-7,9-10H2,1-2H3. The number of hydrogen-bond donors (Lipinski definition) is 1. The van der Waals surface area contributed by atoms with Gasteiger partial charge in [0.15, 0.2) is 0 Å². The third-order valence-electron chi connectivity index (χ3n) is 3.85. The lowest BCUT2D eigenvalue weighted by atomic mass is 10.1. The molecule has 1 atom stereocenters. The van der Waals surface area contributed by atoms with Crippen molar-refractivity contribution < 1.29 is 0 Å². The topological polar surface area (TPSA) is 41.1 Å². The molecule has 0 saturated carbocycles. The number of aromatic nitrogens is 2. The van der Waals surface area contributed by atoms with Crippen molar-refractivity contribution in [1.29, 1.82) is 0 Å². The molecule has 3 heterocycles. The molecule has 1 unspecified atom stereocenters. The molecule has 1 aliphatic rings. The Morgan fingerprint density at radius 2 is 2.38 bits per heavy atom. The number of pyridine rings is 1. The molecule has 1 N–H and O–H groups in total. The van der Waals surface area contributed by atoms with Gasteiger partial charge in [0.25, 0.3) is 0 Å². The van der Waals surface area contributed by atoms with E-state index in [0.29, 0.717) is 12.0 Å². The molecule has 112 valence electrons. The fourth-order valence-electron chi connectivity index (χ4n) is 2.71. The minimum Gasteiger partial charge on any atom is -0.314 e. The van der Waals surface area contributed by atoms with Crippen LogP contribution in [0.3, 0.4) is 0 Å². The summed E-state index contributed by atoms with van der Waals surface area (Å²) in [5, 5.41) is 6.93. The van der Waals surface area contributed by atoms with Gasteiger partial charge < -0.3 is 5.32 Å². The third kappa shape index (κ3) is 3.48. The Hall–Kier alpha value is -1.30. The van der Waals surface area contributed by atoms with Crippen molar-refractivity contribution in [3.63, 3.8) is 0 Å². The van der Waals surface area contributed by atoms with Crippen molar-refractivity contribution in [2.24, 2.45) is 0 Å². The molecule has 0 bridgehead atoms.